The number of esters is 1. The van der Waals surface area contributed by atoms with Crippen molar-refractivity contribution in [1.29, 1.82) is 0 Å². The van der Waals surface area contributed by atoms with Crippen LogP contribution in [0, 0.1) is 0 Å². The molecule has 1 saturated heterocycles. The molecule has 8 heteroatoms. The zero-order chi connectivity index (χ0) is 24.2. The molecule has 0 spiro atoms. The van der Waals surface area contributed by atoms with Crippen LogP contribution in [0.2, 0.25) is 0 Å². The maximum absolute atomic E-state index is 13.2. The van der Waals surface area contributed by atoms with E-state index in [2.05, 4.69) is 55.9 Å². The second kappa shape index (κ2) is 15.0. The summed E-state index contributed by atoms with van der Waals surface area (Å²) in [7, 11) is 1.50. The van der Waals surface area contributed by atoms with Crippen molar-refractivity contribution in [1.82, 2.24) is 10.2 Å². The molecule has 1 aromatic rings. The van der Waals surface area contributed by atoms with Gasteiger partial charge in [-0.15, -0.1) is 0 Å². The highest BCUT2D eigenvalue weighted by atomic mass is 79.9. The van der Waals surface area contributed by atoms with Gasteiger partial charge in [0.2, 0.25) is 0 Å². The third-order valence-corrected chi connectivity index (χ3v) is 7.35. The molecule has 0 aliphatic carbocycles. The van der Waals surface area contributed by atoms with E-state index in [4.69, 9.17) is 9.47 Å². The summed E-state index contributed by atoms with van der Waals surface area (Å²) >= 11 is 6.92. The molecule has 1 heterocycles. The second-order valence-electron chi connectivity index (χ2n) is 8.56. The predicted octanol–water partition coefficient (Wildman–Crippen LogP) is 6.48. The first-order valence-electron chi connectivity index (χ1n) is 12.2. The molecule has 6 nitrogen and oxygen atoms in total. The molecule has 1 aromatic carbocycles. The van der Waals surface area contributed by atoms with E-state index < -0.39 is 0 Å². The highest BCUT2D eigenvalue weighted by Gasteiger charge is 2.28. The number of amides is 1. The van der Waals surface area contributed by atoms with E-state index in [1.54, 1.807) is 6.07 Å². The summed E-state index contributed by atoms with van der Waals surface area (Å²) in [6.07, 6.45) is 10.4. The Bertz CT molecular complexity index is 788. The largest absolute Gasteiger partial charge is 0.495 e. The molecular formula is C25H38Br2N2O4. The number of benzene rings is 1. The van der Waals surface area contributed by atoms with Crippen molar-refractivity contribution in [3.05, 3.63) is 20.6 Å². The minimum absolute atomic E-state index is 0.208. The number of hydrogen-bond donors (Lipinski definition) is 1. The maximum Gasteiger partial charge on any atom is 0.311 e. The molecule has 0 saturated carbocycles. The highest BCUT2D eigenvalue weighted by Crippen LogP contribution is 2.41. The summed E-state index contributed by atoms with van der Waals surface area (Å²) < 4.78 is 12.3. The fraction of sp³-hybridized carbons (Fsp3) is 0.680. The van der Waals surface area contributed by atoms with E-state index in [9.17, 15) is 9.59 Å². The number of methoxy groups -OCH3 is 1. The predicted molar refractivity (Wildman–Crippen MR) is 139 cm³/mol. The van der Waals surface area contributed by atoms with Crippen LogP contribution in [-0.2, 0) is 4.79 Å². The first-order chi connectivity index (χ1) is 15.9. The quantitative estimate of drug-likeness (QED) is 0.153. The van der Waals surface area contributed by atoms with E-state index >= 15 is 0 Å². The first-order valence-corrected chi connectivity index (χ1v) is 13.8. The summed E-state index contributed by atoms with van der Waals surface area (Å²) in [5.41, 5.74) is 0.229. The minimum atomic E-state index is -0.337. The number of carbonyl (C=O) groups excluding carboxylic acids is 2. The van der Waals surface area contributed by atoms with Gasteiger partial charge in [0.25, 0.3) is 5.91 Å². The number of carbonyl (C=O) groups is 2. The lowest BCUT2D eigenvalue weighted by Crippen LogP contribution is -2.40. The molecule has 0 radical (unpaired) electrons. The molecule has 1 N–H and O–H groups in total. The number of rotatable bonds is 14. The molecule has 186 valence electrons. The van der Waals surface area contributed by atoms with Crippen molar-refractivity contribution in [3.8, 4) is 11.5 Å². The second-order valence-corrected chi connectivity index (χ2v) is 10.3. The van der Waals surface area contributed by atoms with Gasteiger partial charge >= 0.3 is 5.97 Å². The van der Waals surface area contributed by atoms with Crippen LogP contribution in [0.25, 0.3) is 0 Å². The van der Waals surface area contributed by atoms with Crippen molar-refractivity contribution in [2.75, 3.05) is 26.7 Å². The Morgan fingerprint density at radius 3 is 2.39 bits per heavy atom. The molecule has 1 aliphatic heterocycles. The van der Waals surface area contributed by atoms with Crippen LogP contribution >= 0.6 is 31.9 Å². The Balaban J connectivity index is 2.04. The van der Waals surface area contributed by atoms with E-state index in [-0.39, 0.29) is 23.2 Å². The Labute approximate surface area is 215 Å². The zero-order valence-corrected chi connectivity index (χ0v) is 23.4. The average Bonchev–Trinajstić information content (AvgIpc) is 3.26. The Morgan fingerprint density at radius 1 is 1.06 bits per heavy atom. The molecule has 33 heavy (non-hydrogen) atoms. The number of likely N-dealkylation sites (tertiary alicyclic amines) is 1. The summed E-state index contributed by atoms with van der Waals surface area (Å²) in [6.45, 7) is 6.91. The lowest BCUT2D eigenvalue weighted by Gasteiger charge is -2.23. The van der Waals surface area contributed by atoms with Crippen molar-refractivity contribution in [2.45, 2.75) is 84.1 Å². The van der Waals surface area contributed by atoms with Gasteiger partial charge in [-0.05, 0) is 70.3 Å². The smallest absolute Gasteiger partial charge is 0.311 e. The fourth-order valence-corrected chi connectivity index (χ4v) is 5.73. The van der Waals surface area contributed by atoms with Crippen LogP contribution in [0.3, 0.4) is 0 Å². The number of nitrogens with zero attached hydrogens (tertiary/aromatic N) is 1. The van der Waals surface area contributed by atoms with Crippen LogP contribution in [0.5, 0.6) is 11.5 Å². The zero-order valence-electron chi connectivity index (χ0n) is 20.2. The third-order valence-electron chi connectivity index (χ3n) is 6.18. The number of halogens is 2. The van der Waals surface area contributed by atoms with E-state index in [0.717, 1.165) is 45.2 Å². The molecule has 1 fully saturated rings. The molecule has 2 rings (SSSR count). The molecule has 1 amide bonds. The van der Waals surface area contributed by atoms with Gasteiger partial charge in [-0.2, -0.15) is 0 Å². The highest BCUT2D eigenvalue weighted by molar-refractivity contribution is 9.11. The summed E-state index contributed by atoms with van der Waals surface area (Å²) in [4.78, 5) is 28.2. The number of ether oxygens (including phenoxy) is 2. The first kappa shape index (κ1) is 28.1. The van der Waals surface area contributed by atoms with Gasteiger partial charge in [0.05, 0.1) is 16.1 Å². The normalized spacial score (nSPS) is 16.1. The van der Waals surface area contributed by atoms with E-state index in [1.165, 1.54) is 32.8 Å². The van der Waals surface area contributed by atoms with Crippen LogP contribution in [-0.4, -0.2) is 49.6 Å². The van der Waals surface area contributed by atoms with Gasteiger partial charge in [-0.1, -0.05) is 52.4 Å². The van der Waals surface area contributed by atoms with Gasteiger partial charge in [0.1, 0.15) is 11.3 Å². The van der Waals surface area contributed by atoms with Gasteiger partial charge in [-0.25, -0.2) is 0 Å². The number of nitrogens with one attached hydrogen (secondary N) is 1. The minimum Gasteiger partial charge on any atom is -0.495 e. The van der Waals surface area contributed by atoms with Gasteiger partial charge in [-0.3, -0.25) is 14.5 Å². The molecular weight excluding hydrogens is 552 g/mol. The van der Waals surface area contributed by atoms with Crippen molar-refractivity contribution >= 4 is 43.7 Å². The van der Waals surface area contributed by atoms with Crippen molar-refractivity contribution < 1.29 is 19.1 Å². The molecule has 0 bridgehead atoms. The lowest BCUT2D eigenvalue weighted by atomic mass is 10.1. The van der Waals surface area contributed by atoms with Crippen LogP contribution in [0.15, 0.2) is 15.0 Å². The summed E-state index contributed by atoms with van der Waals surface area (Å²) in [5, 5.41) is 3.03. The molecule has 0 aromatic heterocycles. The number of hydrogen-bond acceptors (Lipinski definition) is 5. The van der Waals surface area contributed by atoms with Crippen molar-refractivity contribution in [2.24, 2.45) is 0 Å². The summed E-state index contributed by atoms with van der Waals surface area (Å²) in [6, 6.07) is 2.06. The monoisotopic (exact) mass is 588 g/mol. The van der Waals surface area contributed by atoms with E-state index in [0.29, 0.717) is 33.7 Å². The van der Waals surface area contributed by atoms with Crippen LogP contribution in [0.4, 0.5) is 0 Å². The Hall–Kier alpha value is -1.12. The van der Waals surface area contributed by atoms with Crippen LogP contribution < -0.4 is 14.8 Å². The fourth-order valence-electron chi connectivity index (χ4n) is 4.32. The average molecular weight is 590 g/mol. The molecule has 1 atom stereocenters. The lowest BCUT2D eigenvalue weighted by molar-refractivity contribution is -0.134. The van der Waals surface area contributed by atoms with Gasteiger partial charge in [0.15, 0.2) is 5.75 Å². The summed E-state index contributed by atoms with van der Waals surface area (Å²) in [5.74, 6) is -0.0846. The SMILES string of the molecule is CCCCCCCCCC(=O)Oc1c(Br)cc(Br)c(OC)c1C(=O)NCC1CCCN1CC. The molecule has 1 unspecified atom stereocenters. The number of likely N-dealkylation sites (N-methyl/N-ethyl adjacent to an activating group) is 1. The van der Waals surface area contributed by atoms with E-state index in [1.807, 2.05) is 0 Å². The van der Waals surface area contributed by atoms with Gasteiger partial charge in [0, 0.05) is 19.0 Å². The Morgan fingerprint density at radius 2 is 1.73 bits per heavy atom. The topological polar surface area (TPSA) is 67.9 Å². The standard InChI is InChI=1S/C25H38Br2N2O4/c1-4-6-7-8-9-10-11-14-21(30)33-24-20(27)16-19(26)23(32-3)22(24)25(31)28-17-18-13-12-15-29(18)5-2/h16,18H,4-15,17H2,1-3H3,(H,28,31). The third kappa shape index (κ3) is 8.55. The van der Waals surface area contributed by atoms with Crippen LogP contribution in [0.1, 0.15) is 88.4 Å². The number of unbranched alkanes of at least 4 members (excludes halogenated alkanes) is 6. The van der Waals surface area contributed by atoms with Gasteiger partial charge < -0.3 is 14.8 Å². The van der Waals surface area contributed by atoms with Crippen molar-refractivity contribution in [3.63, 3.8) is 0 Å². The molecule has 1 aliphatic rings. The maximum atomic E-state index is 13.2. The Kier molecular flexibility index (Phi) is 12.8.